The van der Waals surface area contributed by atoms with Crippen molar-refractivity contribution in [3.8, 4) is 11.5 Å². The molecule has 3 aromatic rings. The maximum Gasteiger partial charge on any atom is 0.573 e. The average Bonchev–Trinajstić information content (AvgIpc) is 3.05. The number of methoxy groups -OCH3 is 1. The smallest absolute Gasteiger partial charge is 0.497 e. The lowest BCUT2D eigenvalue weighted by atomic mass is 9.88. The highest BCUT2D eigenvalue weighted by Crippen LogP contribution is 2.26. The Kier molecular flexibility index (Phi) is 10.2. The lowest BCUT2D eigenvalue weighted by Gasteiger charge is -2.35. The molecular weight excluding hydrogens is 608 g/mol. The van der Waals surface area contributed by atoms with E-state index < -0.39 is 24.5 Å². The SMILES string of the molecule is COc1ccc(C(=O)C2CCN(C(=O)c3ccc(C(=O)NC4CCN(Cc5ccc(OC(F)(F)F)cc5)C[C@@H]4F)cn3)CC2)cc1. The first kappa shape index (κ1) is 32.9. The number of alkyl halides is 4. The number of ether oxygens (including phenoxy) is 2. The van der Waals surface area contributed by atoms with Gasteiger partial charge in [0.1, 0.15) is 23.4 Å². The molecule has 0 radical (unpaired) electrons. The highest BCUT2D eigenvalue weighted by Gasteiger charge is 2.33. The molecule has 2 aliphatic rings. The van der Waals surface area contributed by atoms with Gasteiger partial charge in [-0.3, -0.25) is 24.3 Å². The fourth-order valence-electron chi connectivity index (χ4n) is 5.73. The molecule has 0 spiro atoms. The largest absolute Gasteiger partial charge is 0.573 e. The highest BCUT2D eigenvalue weighted by molar-refractivity contribution is 5.99. The predicted molar refractivity (Wildman–Crippen MR) is 159 cm³/mol. The zero-order valence-electron chi connectivity index (χ0n) is 25.1. The summed E-state index contributed by atoms with van der Waals surface area (Å²) >= 11 is 0. The number of hydrogen-bond acceptors (Lipinski definition) is 7. The van der Waals surface area contributed by atoms with Gasteiger partial charge in [-0.25, -0.2) is 4.39 Å². The van der Waals surface area contributed by atoms with Gasteiger partial charge in [0, 0.05) is 50.4 Å². The van der Waals surface area contributed by atoms with Crippen LogP contribution in [0.4, 0.5) is 17.6 Å². The van der Waals surface area contributed by atoms with Gasteiger partial charge in [0.2, 0.25) is 0 Å². The van der Waals surface area contributed by atoms with Gasteiger partial charge >= 0.3 is 6.36 Å². The quantitative estimate of drug-likeness (QED) is 0.257. The Labute approximate surface area is 263 Å². The second kappa shape index (κ2) is 14.3. The van der Waals surface area contributed by atoms with Crippen LogP contribution in [0.3, 0.4) is 0 Å². The summed E-state index contributed by atoms with van der Waals surface area (Å²) in [5.74, 6) is -0.598. The van der Waals surface area contributed by atoms with Crippen LogP contribution in [0.25, 0.3) is 0 Å². The summed E-state index contributed by atoms with van der Waals surface area (Å²) in [4.78, 5) is 46.4. The number of piperidine rings is 2. The third-order valence-electron chi connectivity index (χ3n) is 8.28. The lowest BCUT2D eigenvalue weighted by molar-refractivity contribution is -0.274. The number of rotatable bonds is 9. The molecule has 2 amide bonds. The number of pyridine rings is 1. The van der Waals surface area contributed by atoms with Crippen LogP contribution in [-0.2, 0) is 6.54 Å². The first-order valence-electron chi connectivity index (χ1n) is 14.9. The topological polar surface area (TPSA) is 101 Å². The average molecular weight is 643 g/mol. The Morgan fingerprint density at radius 1 is 0.891 bits per heavy atom. The van der Waals surface area contributed by atoms with E-state index >= 15 is 4.39 Å². The van der Waals surface area contributed by atoms with Crippen molar-refractivity contribution in [2.24, 2.45) is 5.92 Å². The fourth-order valence-corrected chi connectivity index (χ4v) is 5.73. The van der Waals surface area contributed by atoms with Crippen molar-refractivity contribution in [2.45, 2.75) is 44.4 Å². The van der Waals surface area contributed by atoms with Crippen molar-refractivity contribution in [1.29, 1.82) is 0 Å². The van der Waals surface area contributed by atoms with E-state index in [1.165, 1.54) is 42.6 Å². The summed E-state index contributed by atoms with van der Waals surface area (Å²) in [6.45, 7) is 1.66. The van der Waals surface area contributed by atoms with Gasteiger partial charge in [-0.1, -0.05) is 12.1 Å². The number of amides is 2. The summed E-state index contributed by atoms with van der Waals surface area (Å²) < 4.78 is 61.1. The van der Waals surface area contributed by atoms with Crippen molar-refractivity contribution in [2.75, 3.05) is 33.3 Å². The zero-order chi connectivity index (χ0) is 32.8. The first-order valence-corrected chi connectivity index (χ1v) is 14.9. The molecule has 13 heteroatoms. The van der Waals surface area contributed by atoms with Gasteiger partial charge in [-0.05, 0) is 73.4 Å². The molecule has 46 heavy (non-hydrogen) atoms. The third kappa shape index (κ3) is 8.39. The summed E-state index contributed by atoms with van der Waals surface area (Å²) in [6.07, 6.45) is -3.45. The molecule has 3 heterocycles. The second-order valence-corrected chi connectivity index (χ2v) is 11.4. The molecule has 0 saturated carbocycles. The summed E-state index contributed by atoms with van der Waals surface area (Å²) in [5, 5.41) is 2.71. The Morgan fingerprint density at radius 3 is 2.13 bits per heavy atom. The van der Waals surface area contributed by atoms with Crippen LogP contribution in [-0.4, -0.2) is 84.2 Å². The summed E-state index contributed by atoms with van der Waals surface area (Å²) in [5.41, 5.74) is 1.68. The van der Waals surface area contributed by atoms with E-state index in [1.807, 2.05) is 4.90 Å². The molecule has 2 fully saturated rings. The Morgan fingerprint density at radius 2 is 1.54 bits per heavy atom. The minimum absolute atomic E-state index is 0.0394. The van der Waals surface area contributed by atoms with Crippen LogP contribution in [0.1, 0.15) is 56.0 Å². The van der Waals surface area contributed by atoms with Crippen molar-refractivity contribution in [3.05, 3.63) is 89.2 Å². The van der Waals surface area contributed by atoms with E-state index in [2.05, 4.69) is 15.0 Å². The van der Waals surface area contributed by atoms with E-state index in [0.29, 0.717) is 62.3 Å². The minimum atomic E-state index is -4.77. The first-order chi connectivity index (χ1) is 22.0. The maximum atomic E-state index is 15.0. The Balaban J connectivity index is 1.07. The van der Waals surface area contributed by atoms with E-state index in [4.69, 9.17) is 4.74 Å². The number of ketones is 1. The van der Waals surface area contributed by atoms with Gasteiger partial charge in [-0.2, -0.15) is 0 Å². The molecule has 5 rings (SSSR count). The number of benzene rings is 2. The molecule has 9 nitrogen and oxygen atoms in total. The molecule has 2 saturated heterocycles. The number of carbonyl (C=O) groups excluding carboxylic acids is 3. The van der Waals surface area contributed by atoms with Crippen molar-refractivity contribution < 1.29 is 41.4 Å². The lowest BCUT2D eigenvalue weighted by Crippen LogP contribution is -2.52. The number of hydrogen-bond donors (Lipinski definition) is 1. The molecule has 2 atom stereocenters. The molecule has 2 aliphatic heterocycles. The van der Waals surface area contributed by atoms with E-state index in [0.717, 1.165) is 0 Å². The van der Waals surface area contributed by atoms with Crippen molar-refractivity contribution in [3.63, 3.8) is 0 Å². The molecule has 1 unspecified atom stereocenters. The van der Waals surface area contributed by atoms with Crippen molar-refractivity contribution >= 4 is 17.6 Å². The van der Waals surface area contributed by atoms with Crippen LogP contribution in [0, 0.1) is 5.92 Å². The predicted octanol–water partition coefficient (Wildman–Crippen LogP) is 5.07. The van der Waals surface area contributed by atoms with Gasteiger partial charge in [0.15, 0.2) is 5.78 Å². The number of carbonyl (C=O) groups is 3. The highest BCUT2D eigenvalue weighted by atomic mass is 19.4. The van der Waals surface area contributed by atoms with Crippen molar-refractivity contribution in [1.82, 2.24) is 20.1 Å². The third-order valence-corrected chi connectivity index (χ3v) is 8.28. The van der Waals surface area contributed by atoms with Crippen LogP contribution in [0.5, 0.6) is 11.5 Å². The number of aromatic nitrogens is 1. The molecule has 2 aromatic carbocycles. The van der Waals surface area contributed by atoms with Gasteiger partial charge in [0.05, 0.1) is 18.7 Å². The summed E-state index contributed by atoms with van der Waals surface area (Å²) in [7, 11) is 1.56. The van der Waals surface area contributed by atoms with Gasteiger partial charge in [-0.15, -0.1) is 13.2 Å². The Hall–Kier alpha value is -4.52. The number of likely N-dealkylation sites (tertiary alicyclic amines) is 2. The number of Topliss-reactive ketones (excluding diaryl/α,β-unsaturated/α-hetero) is 1. The van der Waals surface area contributed by atoms with E-state index in [1.54, 1.807) is 36.3 Å². The molecule has 1 aromatic heterocycles. The van der Waals surface area contributed by atoms with Gasteiger partial charge in [0.25, 0.3) is 11.8 Å². The summed E-state index contributed by atoms with van der Waals surface area (Å²) in [6, 6.07) is 14.6. The number of nitrogens with one attached hydrogen (secondary N) is 1. The number of nitrogens with zero attached hydrogens (tertiary/aromatic N) is 3. The minimum Gasteiger partial charge on any atom is -0.497 e. The van der Waals surface area contributed by atoms with Gasteiger partial charge < -0.3 is 19.7 Å². The Bertz CT molecular complexity index is 1510. The molecule has 244 valence electrons. The molecule has 0 bridgehead atoms. The van der Waals surface area contributed by atoms with Crippen LogP contribution >= 0.6 is 0 Å². The normalized spacial score (nSPS) is 19.4. The monoisotopic (exact) mass is 642 g/mol. The van der Waals surface area contributed by atoms with E-state index in [9.17, 15) is 27.6 Å². The molecule has 1 N–H and O–H groups in total. The maximum absolute atomic E-state index is 15.0. The van der Waals surface area contributed by atoms with E-state index in [-0.39, 0.29) is 41.2 Å². The van der Waals surface area contributed by atoms with Crippen LogP contribution in [0.15, 0.2) is 66.9 Å². The van der Waals surface area contributed by atoms with Crippen LogP contribution < -0.4 is 14.8 Å². The molecular formula is C33H34F4N4O5. The second-order valence-electron chi connectivity index (χ2n) is 11.4. The fraction of sp³-hybridized carbons (Fsp3) is 0.394. The molecule has 0 aliphatic carbocycles. The zero-order valence-corrected chi connectivity index (χ0v) is 25.1. The van der Waals surface area contributed by atoms with Crippen LogP contribution in [0.2, 0.25) is 0 Å². The standard InChI is InChI=1S/C33H34F4N4O5/c1-45-25-9-4-22(5-10-25)30(42)23-12-16-41(17-13-23)32(44)29-11-6-24(18-38-29)31(43)39-28-14-15-40(20-27(28)34)19-21-2-7-26(8-3-21)46-33(35,36)37/h2-11,18,23,27-28H,12-17,19-20H2,1H3,(H,39,43)/t27-,28?/m0/s1. The number of halogens is 4.